The molecule has 0 unspecified atom stereocenters. The van der Waals surface area contributed by atoms with E-state index < -0.39 is 20.0 Å². The zero-order valence-corrected chi connectivity index (χ0v) is 19.0. The highest BCUT2D eigenvalue weighted by Crippen LogP contribution is 2.31. The molecule has 0 aromatic heterocycles. The van der Waals surface area contributed by atoms with Gasteiger partial charge in [0, 0.05) is 10.7 Å². The van der Waals surface area contributed by atoms with Crippen molar-refractivity contribution in [1.82, 2.24) is 0 Å². The Hall–Kier alpha value is -1.97. The third-order valence-electron chi connectivity index (χ3n) is 3.90. The molecule has 0 fully saturated rings. The Morgan fingerprint density at radius 1 is 0.733 bits per heavy atom. The molecular formula is C19H15Cl3N2O4S2. The number of hydrogen-bond acceptors (Lipinski definition) is 4. The normalized spacial score (nSPS) is 11.8. The molecule has 0 amide bonds. The van der Waals surface area contributed by atoms with Gasteiger partial charge >= 0.3 is 0 Å². The number of hydrogen-bond donors (Lipinski definition) is 2. The van der Waals surface area contributed by atoms with E-state index in [1.807, 2.05) is 0 Å². The summed E-state index contributed by atoms with van der Waals surface area (Å²) in [5.41, 5.74) is 0.925. The predicted octanol–water partition coefficient (Wildman–Crippen LogP) is 5.39. The minimum atomic E-state index is -3.95. The Bertz CT molecular complexity index is 1260. The highest BCUT2D eigenvalue weighted by atomic mass is 35.5. The Morgan fingerprint density at radius 2 is 1.37 bits per heavy atom. The summed E-state index contributed by atoms with van der Waals surface area (Å²) in [6.07, 6.45) is 0. The van der Waals surface area contributed by atoms with E-state index in [1.165, 1.54) is 36.4 Å². The van der Waals surface area contributed by atoms with Crippen LogP contribution >= 0.6 is 34.8 Å². The topological polar surface area (TPSA) is 92.3 Å². The summed E-state index contributed by atoms with van der Waals surface area (Å²) in [7, 11) is -7.65. The fourth-order valence-electron chi connectivity index (χ4n) is 2.50. The van der Waals surface area contributed by atoms with E-state index >= 15 is 0 Å². The van der Waals surface area contributed by atoms with Crippen LogP contribution in [0.1, 0.15) is 5.56 Å². The molecule has 0 spiro atoms. The molecule has 0 saturated carbocycles. The number of sulfonamides is 2. The van der Waals surface area contributed by atoms with Crippen LogP contribution in [0.4, 0.5) is 11.4 Å². The van der Waals surface area contributed by atoms with E-state index in [0.29, 0.717) is 10.6 Å². The fraction of sp³-hybridized carbons (Fsp3) is 0.0526. The summed E-state index contributed by atoms with van der Waals surface area (Å²) in [5, 5.41) is 0.796. The molecule has 0 aliphatic rings. The van der Waals surface area contributed by atoms with Crippen LogP contribution in [0.15, 0.2) is 71.6 Å². The molecule has 0 aliphatic heterocycles. The molecule has 0 bridgehead atoms. The second kappa shape index (κ2) is 9.03. The molecule has 158 valence electrons. The van der Waals surface area contributed by atoms with Gasteiger partial charge in [-0.2, -0.15) is 0 Å². The molecule has 3 aromatic carbocycles. The highest BCUT2D eigenvalue weighted by molar-refractivity contribution is 7.92. The number of rotatable bonds is 7. The number of nitrogens with one attached hydrogen (secondary N) is 2. The lowest BCUT2D eigenvalue weighted by Crippen LogP contribution is -2.16. The van der Waals surface area contributed by atoms with Crippen LogP contribution in [-0.4, -0.2) is 16.8 Å². The average Bonchev–Trinajstić information content (AvgIpc) is 2.67. The molecule has 0 aliphatic carbocycles. The second-order valence-corrected chi connectivity index (χ2v) is 10.8. The van der Waals surface area contributed by atoms with Gasteiger partial charge in [0.15, 0.2) is 0 Å². The van der Waals surface area contributed by atoms with Crippen molar-refractivity contribution in [3.63, 3.8) is 0 Å². The summed E-state index contributed by atoms with van der Waals surface area (Å²) in [6.45, 7) is 0. The molecule has 30 heavy (non-hydrogen) atoms. The van der Waals surface area contributed by atoms with Crippen molar-refractivity contribution in [2.24, 2.45) is 0 Å². The van der Waals surface area contributed by atoms with Crippen molar-refractivity contribution in [3.8, 4) is 0 Å². The molecule has 0 atom stereocenters. The lowest BCUT2D eigenvalue weighted by atomic mass is 10.2. The quantitative estimate of drug-likeness (QED) is 0.450. The molecule has 3 rings (SSSR count). The third kappa shape index (κ3) is 5.80. The summed E-state index contributed by atoms with van der Waals surface area (Å²) < 4.78 is 54.6. The average molecular weight is 506 g/mol. The largest absolute Gasteiger partial charge is 0.283 e. The van der Waals surface area contributed by atoms with E-state index in [9.17, 15) is 16.8 Å². The van der Waals surface area contributed by atoms with Crippen molar-refractivity contribution < 1.29 is 16.8 Å². The van der Waals surface area contributed by atoms with Crippen LogP contribution < -0.4 is 9.44 Å². The Kier molecular flexibility index (Phi) is 6.84. The lowest BCUT2D eigenvalue weighted by molar-refractivity contribution is 0.599. The third-order valence-corrected chi connectivity index (χ3v) is 7.62. The Morgan fingerprint density at radius 3 is 2.00 bits per heavy atom. The maximum Gasteiger partial charge on any atom is 0.261 e. The molecule has 3 aromatic rings. The van der Waals surface area contributed by atoms with Gasteiger partial charge in [0.25, 0.3) is 10.0 Å². The zero-order valence-electron chi connectivity index (χ0n) is 15.1. The lowest BCUT2D eigenvalue weighted by Gasteiger charge is -2.12. The zero-order chi connectivity index (χ0) is 21.9. The van der Waals surface area contributed by atoms with Crippen molar-refractivity contribution >= 4 is 66.2 Å². The van der Waals surface area contributed by atoms with E-state index in [1.54, 1.807) is 30.3 Å². The number of anilines is 2. The minimum absolute atomic E-state index is 0.0702. The van der Waals surface area contributed by atoms with Gasteiger partial charge in [-0.1, -0.05) is 53.0 Å². The van der Waals surface area contributed by atoms with Gasteiger partial charge in [0.2, 0.25) is 10.0 Å². The van der Waals surface area contributed by atoms with Gasteiger partial charge in [-0.3, -0.25) is 9.44 Å². The maximum atomic E-state index is 12.6. The van der Waals surface area contributed by atoms with Gasteiger partial charge in [-0.25, -0.2) is 16.8 Å². The molecule has 11 heteroatoms. The first-order valence-electron chi connectivity index (χ1n) is 8.37. The Labute approximate surface area is 189 Å². The van der Waals surface area contributed by atoms with Gasteiger partial charge in [-0.15, -0.1) is 0 Å². The molecule has 0 heterocycles. The van der Waals surface area contributed by atoms with E-state index in [0.717, 1.165) is 0 Å². The predicted molar refractivity (Wildman–Crippen MR) is 121 cm³/mol. The SMILES string of the molecule is O=S(=O)(Cc1ccc(Cl)cc1)Nc1ccc(S(=O)(=O)Nc2cccc(Cl)c2Cl)cc1. The number of benzene rings is 3. The standard InChI is InChI=1S/C19H15Cl3N2O4S2/c20-14-6-4-13(5-7-14)12-29(25,26)23-15-8-10-16(11-9-15)30(27,28)24-18-3-1-2-17(21)19(18)22/h1-11,23-24H,12H2. The van der Waals surface area contributed by atoms with Crippen molar-refractivity contribution in [2.45, 2.75) is 10.6 Å². The van der Waals surface area contributed by atoms with E-state index in [-0.39, 0.29) is 32.1 Å². The molecule has 0 saturated heterocycles. The first-order chi connectivity index (χ1) is 14.1. The fourth-order valence-corrected chi connectivity index (χ4v) is 5.30. The van der Waals surface area contributed by atoms with Crippen LogP contribution in [0.3, 0.4) is 0 Å². The smallest absolute Gasteiger partial charge is 0.261 e. The first-order valence-corrected chi connectivity index (χ1v) is 12.6. The highest BCUT2D eigenvalue weighted by Gasteiger charge is 2.18. The van der Waals surface area contributed by atoms with Crippen LogP contribution in [0.2, 0.25) is 15.1 Å². The van der Waals surface area contributed by atoms with Crippen molar-refractivity contribution in [2.75, 3.05) is 9.44 Å². The van der Waals surface area contributed by atoms with Crippen LogP contribution in [0.25, 0.3) is 0 Å². The van der Waals surface area contributed by atoms with E-state index in [2.05, 4.69) is 9.44 Å². The summed E-state index contributed by atoms with van der Waals surface area (Å²) in [5.74, 6) is -0.251. The maximum absolute atomic E-state index is 12.6. The summed E-state index contributed by atoms with van der Waals surface area (Å²) in [4.78, 5) is -0.0702. The van der Waals surface area contributed by atoms with Gasteiger partial charge < -0.3 is 0 Å². The summed E-state index contributed by atoms with van der Waals surface area (Å²) >= 11 is 17.7. The molecular weight excluding hydrogens is 491 g/mol. The molecule has 2 N–H and O–H groups in total. The van der Waals surface area contributed by atoms with Crippen molar-refractivity contribution in [1.29, 1.82) is 0 Å². The second-order valence-electron chi connectivity index (χ2n) is 6.22. The van der Waals surface area contributed by atoms with Gasteiger partial charge in [0.05, 0.1) is 26.4 Å². The van der Waals surface area contributed by atoms with E-state index in [4.69, 9.17) is 34.8 Å². The summed E-state index contributed by atoms with van der Waals surface area (Å²) in [6, 6.07) is 16.3. The van der Waals surface area contributed by atoms with Gasteiger partial charge in [-0.05, 0) is 54.1 Å². The number of halogens is 3. The first kappa shape index (κ1) is 22.7. The molecule has 0 radical (unpaired) electrons. The minimum Gasteiger partial charge on any atom is -0.283 e. The monoisotopic (exact) mass is 504 g/mol. The Balaban J connectivity index is 1.73. The molecule has 6 nitrogen and oxygen atoms in total. The van der Waals surface area contributed by atoms with Crippen LogP contribution in [0.5, 0.6) is 0 Å². The van der Waals surface area contributed by atoms with Crippen LogP contribution in [0, 0.1) is 0 Å². The van der Waals surface area contributed by atoms with Crippen molar-refractivity contribution in [3.05, 3.63) is 87.4 Å². The van der Waals surface area contributed by atoms with Crippen LogP contribution in [-0.2, 0) is 25.8 Å². The van der Waals surface area contributed by atoms with Gasteiger partial charge in [0.1, 0.15) is 0 Å².